The Morgan fingerprint density at radius 2 is 0.914 bits per heavy atom. The van der Waals surface area contributed by atoms with E-state index in [1.54, 1.807) is 0 Å². The first kappa shape index (κ1) is 29.8. The lowest BCUT2D eigenvalue weighted by molar-refractivity contribution is 0.148. The standard InChI is InChI=1S/C27H40O6S2/c1-26(2,18-28)12-6-10-24-16-20(30)14-22(34(24)32)8-5-9-23-15-21(31)17-25(35(23)33)11-7-13-27(3,4)19-29/h14-17,28-29H,5-13,18-19H2,1-4H3. The summed E-state index contributed by atoms with van der Waals surface area (Å²) < 4.78 is 26.0. The molecule has 0 amide bonds. The van der Waals surface area contributed by atoms with Crippen molar-refractivity contribution in [2.24, 2.45) is 10.8 Å². The summed E-state index contributed by atoms with van der Waals surface area (Å²) in [5.74, 6) is 0. The summed E-state index contributed by atoms with van der Waals surface area (Å²) >= 11 is 0. The highest BCUT2D eigenvalue weighted by molar-refractivity contribution is 7.25. The molecule has 0 spiro atoms. The molecule has 6 nitrogen and oxygen atoms in total. The van der Waals surface area contributed by atoms with Gasteiger partial charge in [-0.2, -0.15) is 0 Å². The summed E-state index contributed by atoms with van der Waals surface area (Å²) in [7, 11) is -2.73. The van der Waals surface area contributed by atoms with E-state index in [9.17, 15) is 28.9 Å². The van der Waals surface area contributed by atoms with Gasteiger partial charge in [-0.05, 0) is 64.4 Å². The maximum atomic E-state index is 13.0. The fourth-order valence-corrected chi connectivity index (χ4v) is 6.89. The smallest absolute Gasteiger partial charge is 0.188 e. The van der Waals surface area contributed by atoms with Crippen LogP contribution in [-0.2, 0) is 25.7 Å². The van der Waals surface area contributed by atoms with E-state index in [1.807, 2.05) is 27.7 Å². The number of rotatable bonds is 14. The van der Waals surface area contributed by atoms with E-state index in [-0.39, 0.29) is 34.9 Å². The lowest BCUT2D eigenvalue weighted by Crippen LogP contribution is -2.16. The van der Waals surface area contributed by atoms with Gasteiger partial charge in [0, 0.05) is 63.2 Å². The third kappa shape index (κ3) is 9.52. The van der Waals surface area contributed by atoms with Gasteiger partial charge in [0.05, 0.1) is 0 Å². The maximum Gasteiger partial charge on any atom is 0.188 e. The van der Waals surface area contributed by atoms with Gasteiger partial charge in [-0.3, -0.25) is 9.59 Å². The molecule has 2 atom stereocenters. The van der Waals surface area contributed by atoms with Gasteiger partial charge in [0.15, 0.2) is 30.4 Å². The second-order valence-electron chi connectivity index (χ2n) is 11.0. The number of aliphatic hydroxyl groups excluding tert-OH is 2. The molecular formula is C27H40O6S2. The zero-order valence-electron chi connectivity index (χ0n) is 21.4. The van der Waals surface area contributed by atoms with Gasteiger partial charge in [0.2, 0.25) is 0 Å². The van der Waals surface area contributed by atoms with Crippen LogP contribution in [0.2, 0.25) is 0 Å². The minimum absolute atomic E-state index is 0.0799. The van der Waals surface area contributed by atoms with Crippen molar-refractivity contribution in [2.45, 2.75) is 85.5 Å². The normalized spacial score (nSPS) is 13.4. The lowest BCUT2D eigenvalue weighted by atomic mass is 9.88. The van der Waals surface area contributed by atoms with Crippen LogP contribution >= 0.6 is 21.5 Å². The predicted molar refractivity (Wildman–Crippen MR) is 142 cm³/mol. The van der Waals surface area contributed by atoms with Gasteiger partial charge in [-0.1, -0.05) is 27.7 Å². The van der Waals surface area contributed by atoms with Crippen LogP contribution in [0.15, 0.2) is 33.9 Å². The number of hydrogen-bond acceptors (Lipinski definition) is 6. The van der Waals surface area contributed by atoms with Crippen molar-refractivity contribution in [3.05, 3.63) is 64.2 Å². The highest BCUT2D eigenvalue weighted by Gasteiger charge is 2.20. The molecule has 35 heavy (non-hydrogen) atoms. The van der Waals surface area contributed by atoms with Gasteiger partial charge in [0.25, 0.3) is 0 Å². The van der Waals surface area contributed by atoms with E-state index in [0.717, 1.165) is 25.7 Å². The Morgan fingerprint density at radius 1 is 0.629 bits per heavy atom. The highest BCUT2D eigenvalue weighted by atomic mass is 32.2. The Morgan fingerprint density at radius 3 is 1.20 bits per heavy atom. The van der Waals surface area contributed by atoms with Crippen LogP contribution in [0.4, 0.5) is 0 Å². The van der Waals surface area contributed by atoms with E-state index in [4.69, 9.17) is 0 Å². The molecule has 0 radical (unpaired) electrons. The average Bonchev–Trinajstić information content (AvgIpc) is 2.79. The molecule has 2 unspecified atom stereocenters. The largest absolute Gasteiger partial charge is 0.590 e. The molecule has 2 aromatic rings. The molecule has 0 fully saturated rings. The van der Waals surface area contributed by atoms with E-state index in [1.165, 1.54) is 24.3 Å². The second kappa shape index (κ2) is 13.2. The van der Waals surface area contributed by atoms with Crippen molar-refractivity contribution in [3.8, 4) is 0 Å². The molecule has 196 valence electrons. The van der Waals surface area contributed by atoms with Crippen LogP contribution in [0.3, 0.4) is 0 Å². The van der Waals surface area contributed by atoms with Gasteiger partial charge < -0.3 is 19.3 Å². The molecular weight excluding hydrogens is 484 g/mol. The van der Waals surface area contributed by atoms with Gasteiger partial charge in [-0.15, -0.1) is 0 Å². The summed E-state index contributed by atoms with van der Waals surface area (Å²) in [6.07, 6.45) is 5.53. The number of aliphatic hydroxyl groups is 2. The molecule has 0 aliphatic heterocycles. The molecule has 2 aromatic heterocycles. The first-order valence-corrected chi connectivity index (χ1v) is 14.6. The molecule has 2 rings (SSSR count). The molecule has 0 aliphatic rings. The Hall–Kier alpha value is -1.42. The van der Waals surface area contributed by atoms with Gasteiger partial charge >= 0.3 is 0 Å². The number of hydrogen-bond donors (Lipinski definition) is 2. The van der Waals surface area contributed by atoms with Crippen LogP contribution < -0.4 is 10.9 Å². The Bertz CT molecular complexity index is 999. The summed E-state index contributed by atoms with van der Waals surface area (Å²) in [6, 6.07) is 5.78. The van der Waals surface area contributed by atoms with Crippen molar-refractivity contribution < 1.29 is 19.3 Å². The predicted octanol–water partition coefficient (Wildman–Crippen LogP) is 4.72. The van der Waals surface area contributed by atoms with Crippen LogP contribution in [0.1, 0.15) is 79.3 Å². The third-order valence-electron chi connectivity index (χ3n) is 6.42. The summed E-state index contributed by atoms with van der Waals surface area (Å²) in [6.45, 7) is 8.05. The van der Waals surface area contributed by atoms with Crippen molar-refractivity contribution in [1.29, 1.82) is 0 Å². The SMILES string of the molecule is CC(C)(CO)CCCc1cc(=O)cc(CCCc2cc(=O)cc(CCCC(C)(C)CO)[s+]2[O-])[s+]1[O-]. The van der Waals surface area contributed by atoms with Gasteiger partial charge in [0.1, 0.15) is 0 Å². The monoisotopic (exact) mass is 524 g/mol. The fourth-order valence-electron chi connectivity index (χ4n) is 4.01. The summed E-state index contributed by atoms with van der Waals surface area (Å²) in [5, 5.41) is 18.8. The Kier molecular flexibility index (Phi) is 11.3. The first-order valence-electron chi connectivity index (χ1n) is 12.3. The van der Waals surface area contributed by atoms with Crippen LogP contribution in [0.5, 0.6) is 0 Å². The lowest BCUT2D eigenvalue weighted by Gasteiger charge is -2.20. The fraction of sp³-hybridized carbons (Fsp3) is 0.630. The van der Waals surface area contributed by atoms with Crippen molar-refractivity contribution in [1.82, 2.24) is 0 Å². The average molecular weight is 525 g/mol. The van der Waals surface area contributed by atoms with Crippen LogP contribution in [0, 0.1) is 10.8 Å². The zero-order chi connectivity index (χ0) is 26.2. The van der Waals surface area contributed by atoms with Crippen LogP contribution in [0.25, 0.3) is 0 Å². The highest BCUT2D eigenvalue weighted by Crippen LogP contribution is 2.31. The summed E-state index contributed by atoms with van der Waals surface area (Å²) in [4.78, 5) is 26.8. The zero-order valence-corrected chi connectivity index (χ0v) is 23.1. The molecule has 2 heterocycles. The van der Waals surface area contributed by atoms with Crippen molar-refractivity contribution in [2.75, 3.05) is 13.2 Å². The molecule has 0 saturated carbocycles. The van der Waals surface area contributed by atoms with E-state index in [0.29, 0.717) is 51.6 Å². The minimum Gasteiger partial charge on any atom is -0.590 e. The molecule has 2 N–H and O–H groups in total. The van der Waals surface area contributed by atoms with E-state index in [2.05, 4.69) is 0 Å². The van der Waals surface area contributed by atoms with Crippen LogP contribution in [-0.4, -0.2) is 32.5 Å². The molecule has 0 aliphatic carbocycles. The van der Waals surface area contributed by atoms with Gasteiger partial charge in [-0.25, -0.2) is 0 Å². The molecule has 0 aromatic carbocycles. The Labute approximate surface area is 214 Å². The molecule has 0 saturated heterocycles. The van der Waals surface area contributed by atoms with Crippen molar-refractivity contribution >= 4 is 21.5 Å². The maximum absolute atomic E-state index is 13.0. The summed E-state index contributed by atoms with van der Waals surface area (Å²) in [5.41, 5.74) is -0.740. The third-order valence-corrected chi connectivity index (χ3v) is 9.61. The second-order valence-corrected chi connectivity index (χ2v) is 14.2. The van der Waals surface area contributed by atoms with Crippen molar-refractivity contribution in [3.63, 3.8) is 0 Å². The van der Waals surface area contributed by atoms with E-state index < -0.39 is 21.5 Å². The molecule has 0 bridgehead atoms. The first-order chi connectivity index (χ1) is 16.4. The minimum atomic E-state index is -1.36. The Balaban J connectivity index is 2.04. The number of aryl methyl sites for hydroxylation is 4. The quantitative estimate of drug-likeness (QED) is 0.345. The topological polar surface area (TPSA) is 121 Å². The molecule has 8 heteroatoms. The van der Waals surface area contributed by atoms with E-state index >= 15 is 0 Å².